The third-order valence-electron chi connectivity index (χ3n) is 4.64. The van der Waals surface area contributed by atoms with Gasteiger partial charge in [-0.1, -0.05) is 42.5 Å². The molecule has 30 heavy (non-hydrogen) atoms. The quantitative estimate of drug-likeness (QED) is 0.333. The first-order valence-corrected chi connectivity index (χ1v) is 10.2. The Bertz CT molecular complexity index is 707. The van der Waals surface area contributed by atoms with Crippen molar-refractivity contribution in [1.82, 2.24) is 10.6 Å². The fourth-order valence-corrected chi connectivity index (χ4v) is 3.03. The molecule has 1 aliphatic rings. The lowest BCUT2D eigenvalue weighted by Crippen LogP contribution is -2.39. The number of cyclic esters (lactones) is 1. The zero-order chi connectivity index (χ0) is 21.6. The van der Waals surface area contributed by atoms with Crippen LogP contribution in [0.4, 0.5) is 0 Å². The van der Waals surface area contributed by atoms with E-state index in [1.54, 1.807) is 0 Å². The summed E-state index contributed by atoms with van der Waals surface area (Å²) in [5.41, 5.74) is 0.829. The minimum absolute atomic E-state index is 0.0392. The van der Waals surface area contributed by atoms with Crippen molar-refractivity contribution in [3.63, 3.8) is 0 Å². The Kier molecular flexibility index (Phi) is 10.6. The lowest BCUT2D eigenvalue weighted by atomic mass is 9.97. The Morgan fingerprint density at radius 2 is 2.00 bits per heavy atom. The monoisotopic (exact) mass is 418 g/mol. The highest BCUT2D eigenvalue weighted by molar-refractivity contribution is 5.86. The van der Waals surface area contributed by atoms with Gasteiger partial charge >= 0.3 is 5.97 Å². The molecule has 0 saturated heterocycles. The number of aliphatic hydroxyl groups is 1. The minimum atomic E-state index is -0.541. The number of carbonyl (C=O) groups excluding carboxylic acids is 3. The van der Waals surface area contributed by atoms with E-state index in [-0.39, 0.29) is 50.4 Å². The number of ether oxygens (including phenoxy) is 2. The van der Waals surface area contributed by atoms with Crippen molar-refractivity contribution in [2.45, 2.75) is 31.7 Å². The van der Waals surface area contributed by atoms with E-state index in [4.69, 9.17) is 14.6 Å². The van der Waals surface area contributed by atoms with Gasteiger partial charge < -0.3 is 25.2 Å². The van der Waals surface area contributed by atoms with E-state index < -0.39 is 12.0 Å². The molecule has 0 saturated carbocycles. The number of hydrogen-bond acceptors (Lipinski definition) is 6. The molecule has 0 unspecified atom stereocenters. The molecule has 0 aliphatic carbocycles. The second kappa shape index (κ2) is 13.5. The van der Waals surface area contributed by atoms with Crippen molar-refractivity contribution in [3.05, 3.63) is 48.0 Å². The van der Waals surface area contributed by atoms with Gasteiger partial charge in [-0.15, -0.1) is 0 Å². The number of esters is 1. The van der Waals surface area contributed by atoms with Gasteiger partial charge in [0.2, 0.25) is 11.8 Å². The van der Waals surface area contributed by atoms with E-state index in [2.05, 4.69) is 10.6 Å². The number of nitrogens with one attached hydrogen (secondary N) is 2. The average Bonchev–Trinajstić information content (AvgIpc) is 2.75. The fourth-order valence-electron chi connectivity index (χ4n) is 3.03. The van der Waals surface area contributed by atoms with Gasteiger partial charge in [0.05, 0.1) is 31.8 Å². The first kappa shape index (κ1) is 23.6. The van der Waals surface area contributed by atoms with Crippen molar-refractivity contribution in [2.24, 2.45) is 5.92 Å². The van der Waals surface area contributed by atoms with Crippen molar-refractivity contribution in [3.8, 4) is 0 Å². The maximum Gasteiger partial charge on any atom is 0.306 e. The molecule has 1 aromatic rings. The molecule has 8 nitrogen and oxygen atoms in total. The molecule has 0 aromatic heterocycles. The predicted molar refractivity (Wildman–Crippen MR) is 110 cm³/mol. The molecule has 2 amide bonds. The van der Waals surface area contributed by atoms with Crippen LogP contribution in [0.2, 0.25) is 0 Å². The molecule has 164 valence electrons. The minimum Gasteiger partial charge on any atom is -0.463 e. The fraction of sp³-hybridized carbons (Fsp3) is 0.500. The smallest absolute Gasteiger partial charge is 0.306 e. The highest BCUT2D eigenvalue weighted by Gasteiger charge is 2.25. The maximum absolute atomic E-state index is 12.9. The normalized spacial score (nSPS) is 20.4. The summed E-state index contributed by atoms with van der Waals surface area (Å²) in [6.45, 7) is 0.799. The summed E-state index contributed by atoms with van der Waals surface area (Å²) in [7, 11) is 0. The molecule has 0 bridgehead atoms. The number of amides is 2. The molecule has 8 heteroatoms. The van der Waals surface area contributed by atoms with Crippen molar-refractivity contribution in [2.75, 3.05) is 33.0 Å². The molecule has 2 atom stereocenters. The van der Waals surface area contributed by atoms with Crippen molar-refractivity contribution in [1.29, 1.82) is 0 Å². The molecule has 1 aliphatic heterocycles. The molecule has 1 heterocycles. The van der Waals surface area contributed by atoms with Crippen LogP contribution in [0, 0.1) is 5.92 Å². The molecular formula is C22H30N2O6. The highest BCUT2D eigenvalue weighted by Crippen LogP contribution is 2.18. The summed E-state index contributed by atoms with van der Waals surface area (Å²) in [6, 6.07) is 8.81. The average molecular weight is 418 g/mol. The molecule has 1 aromatic carbocycles. The predicted octanol–water partition coefficient (Wildman–Crippen LogP) is 1.26. The van der Waals surface area contributed by atoms with E-state index >= 15 is 0 Å². The van der Waals surface area contributed by atoms with Crippen LogP contribution in [0.25, 0.3) is 0 Å². The maximum atomic E-state index is 12.9. The van der Waals surface area contributed by atoms with Crippen LogP contribution in [-0.2, 0) is 23.9 Å². The molecule has 0 radical (unpaired) electrons. The van der Waals surface area contributed by atoms with Crippen LogP contribution in [-0.4, -0.2) is 55.9 Å². The van der Waals surface area contributed by atoms with Gasteiger partial charge in [0, 0.05) is 19.4 Å². The number of allylic oxidation sites excluding steroid dienone is 2. The van der Waals surface area contributed by atoms with Gasteiger partial charge in [-0.2, -0.15) is 0 Å². The summed E-state index contributed by atoms with van der Waals surface area (Å²) in [5, 5.41) is 14.3. The topological polar surface area (TPSA) is 114 Å². The van der Waals surface area contributed by atoms with Crippen molar-refractivity contribution >= 4 is 17.8 Å². The zero-order valence-electron chi connectivity index (χ0n) is 17.0. The summed E-state index contributed by atoms with van der Waals surface area (Å²) < 4.78 is 10.4. The highest BCUT2D eigenvalue weighted by atomic mass is 16.5. The van der Waals surface area contributed by atoms with Crippen LogP contribution < -0.4 is 10.6 Å². The number of carbonyl (C=O) groups is 3. The second-order valence-electron chi connectivity index (χ2n) is 6.99. The number of hydrogen-bond donors (Lipinski definition) is 3. The first-order chi connectivity index (χ1) is 14.6. The van der Waals surface area contributed by atoms with Crippen LogP contribution in [0.1, 0.15) is 37.3 Å². The summed E-state index contributed by atoms with van der Waals surface area (Å²) in [4.78, 5) is 37.1. The van der Waals surface area contributed by atoms with Gasteiger partial charge in [-0.05, 0) is 18.4 Å². The van der Waals surface area contributed by atoms with Crippen LogP contribution in [0.15, 0.2) is 42.5 Å². The van der Waals surface area contributed by atoms with Gasteiger partial charge in [-0.25, -0.2) is 0 Å². The van der Waals surface area contributed by atoms with E-state index in [0.717, 1.165) is 5.56 Å². The van der Waals surface area contributed by atoms with E-state index in [1.165, 1.54) is 0 Å². The number of rotatable bonds is 8. The molecule has 0 fully saturated rings. The Labute approximate surface area is 176 Å². The Hall–Kier alpha value is -2.71. The summed E-state index contributed by atoms with van der Waals surface area (Å²) in [5.74, 6) is -1.36. The van der Waals surface area contributed by atoms with Gasteiger partial charge in [-0.3, -0.25) is 14.4 Å². The standard InChI is InChI=1S/C22H30N2O6/c25-12-14-29-13-11-23-20(26)15-18-9-5-2-6-10-21(27)30-16-19(24-22(18)28)17-7-3-1-4-8-17/h1-5,7-8,18-19,25H,6,9-16H2,(H,23,26)(H,24,28)/t18-,19-/m1/s1. The molecule has 3 N–H and O–H groups in total. The van der Waals surface area contributed by atoms with E-state index in [9.17, 15) is 14.4 Å². The van der Waals surface area contributed by atoms with E-state index in [1.807, 2.05) is 42.5 Å². The number of aliphatic hydroxyl groups excluding tert-OH is 1. The molecule has 2 rings (SSSR count). The lowest BCUT2D eigenvalue weighted by molar-refractivity contribution is -0.145. The largest absolute Gasteiger partial charge is 0.463 e. The Balaban J connectivity index is 2.02. The zero-order valence-corrected chi connectivity index (χ0v) is 17.0. The van der Waals surface area contributed by atoms with Crippen LogP contribution in [0.5, 0.6) is 0 Å². The van der Waals surface area contributed by atoms with Crippen LogP contribution in [0.3, 0.4) is 0 Å². The van der Waals surface area contributed by atoms with Crippen molar-refractivity contribution < 1.29 is 29.0 Å². The SMILES string of the molecule is O=C(C[C@H]1CC=CCCC(=O)OC[C@H](c2ccccc2)NC1=O)NCCOCCO. The molecule has 0 spiro atoms. The Morgan fingerprint density at radius 1 is 1.20 bits per heavy atom. The lowest BCUT2D eigenvalue weighted by Gasteiger charge is -2.23. The first-order valence-electron chi connectivity index (χ1n) is 10.2. The summed E-state index contributed by atoms with van der Waals surface area (Å²) in [6.07, 6.45) is 4.89. The van der Waals surface area contributed by atoms with Gasteiger partial charge in [0.1, 0.15) is 6.61 Å². The second-order valence-corrected chi connectivity index (χ2v) is 6.99. The van der Waals surface area contributed by atoms with Gasteiger partial charge in [0.15, 0.2) is 0 Å². The third-order valence-corrected chi connectivity index (χ3v) is 4.64. The van der Waals surface area contributed by atoms with Crippen LogP contribution >= 0.6 is 0 Å². The number of benzene rings is 1. The van der Waals surface area contributed by atoms with Gasteiger partial charge in [0.25, 0.3) is 0 Å². The third kappa shape index (κ3) is 8.75. The summed E-state index contributed by atoms with van der Waals surface area (Å²) >= 11 is 0. The Morgan fingerprint density at radius 3 is 2.77 bits per heavy atom. The molecular weight excluding hydrogens is 388 g/mol. The van der Waals surface area contributed by atoms with E-state index in [0.29, 0.717) is 26.0 Å².